The summed E-state index contributed by atoms with van der Waals surface area (Å²) in [6.45, 7) is -1.13. The normalized spacial score (nSPS) is 20.6. The summed E-state index contributed by atoms with van der Waals surface area (Å²) in [7, 11) is 0. The molecule has 238 valence electrons. The number of alkyl halides is 16. The summed E-state index contributed by atoms with van der Waals surface area (Å²) in [5, 5.41) is 0. The van der Waals surface area contributed by atoms with Crippen LogP contribution < -0.4 is 0 Å². The highest BCUT2D eigenvalue weighted by Crippen LogP contribution is 2.62. The fourth-order valence-electron chi connectivity index (χ4n) is 4.13. The molecule has 0 heterocycles. The van der Waals surface area contributed by atoms with Crippen molar-refractivity contribution >= 4 is 5.97 Å². The largest absolute Gasteiger partial charge is 0.459 e. The maximum atomic E-state index is 13.9. The Hall–Kier alpha value is -1.65. The zero-order valence-corrected chi connectivity index (χ0v) is 20.7. The molecular formula is C22H26F16O2. The molecule has 0 aromatic rings. The molecule has 40 heavy (non-hydrogen) atoms. The average Bonchev–Trinajstić information content (AvgIpc) is 2.83. The quantitative estimate of drug-likeness (QED) is 0.103. The number of hydrogen-bond donors (Lipinski definition) is 0. The minimum atomic E-state index is -8.46. The fourth-order valence-corrected chi connectivity index (χ4v) is 4.13. The SMILES string of the molecule is CCCCCC1CCC(CC(=O)OCC(F)(F)C(F)(F)C(F)(F)C(F)(F)C(F)(F)C(F)(F)C(F)(F)C(F)F)CC1. The van der Waals surface area contributed by atoms with Crippen LogP contribution in [-0.2, 0) is 9.53 Å². The van der Waals surface area contributed by atoms with E-state index in [2.05, 4.69) is 4.74 Å². The van der Waals surface area contributed by atoms with E-state index in [1.54, 1.807) is 0 Å². The van der Waals surface area contributed by atoms with Gasteiger partial charge in [0.2, 0.25) is 0 Å². The number of ether oxygens (including phenoxy) is 1. The lowest BCUT2D eigenvalue weighted by Gasteiger charge is -2.42. The van der Waals surface area contributed by atoms with Crippen LogP contribution in [-0.4, -0.2) is 60.5 Å². The highest BCUT2D eigenvalue weighted by Gasteiger charge is 2.93. The van der Waals surface area contributed by atoms with Gasteiger partial charge in [-0.05, 0) is 24.7 Å². The second-order valence-corrected chi connectivity index (χ2v) is 9.75. The molecule has 1 aliphatic rings. The lowest BCUT2D eigenvalue weighted by Crippen LogP contribution is -2.74. The van der Waals surface area contributed by atoms with Gasteiger partial charge in [0.1, 0.15) is 0 Å². The van der Waals surface area contributed by atoms with Crippen molar-refractivity contribution in [3.05, 3.63) is 0 Å². The highest BCUT2D eigenvalue weighted by molar-refractivity contribution is 5.69. The Labute approximate surface area is 217 Å². The molecule has 1 rings (SSSR count). The second-order valence-electron chi connectivity index (χ2n) is 9.75. The topological polar surface area (TPSA) is 26.3 Å². The van der Waals surface area contributed by atoms with Gasteiger partial charge in [-0.15, -0.1) is 0 Å². The predicted molar refractivity (Wildman–Crippen MR) is 106 cm³/mol. The first-order chi connectivity index (χ1) is 17.8. The third-order valence-corrected chi connectivity index (χ3v) is 6.78. The molecule has 0 radical (unpaired) electrons. The van der Waals surface area contributed by atoms with Gasteiger partial charge in [0.05, 0.1) is 0 Å². The smallest absolute Gasteiger partial charge is 0.385 e. The first-order valence-electron chi connectivity index (χ1n) is 11.9. The van der Waals surface area contributed by atoms with Crippen LogP contribution in [0.5, 0.6) is 0 Å². The molecule has 0 spiro atoms. The van der Waals surface area contributed by atoms with Crippen LogP contribution in [0.15, 0.2) is 0 Å². The van der Waals surface area contributed by atoms with Crippen molar-refractivity contribution in [3.8, 4) is 0 Å². The van der Waals surface area contributed by atoms with E-state index in [1.165, 1.54) is 0 Å². The minimum absolute atomic E-state index is 0.303. The first-order valence-corrected chi connectivity index (χ1v) is 11.9. The summed E-state index contributed by atoms with van der Waals surface area (Å²) in [6.07, 6.45) is -0.838. The molecule has 0 aromatic heterocycles. The van der Waals surface area contributed by atoms with E-state index in [9.17, 15) is 75.0 Å². The van der Waals surface area contributed by atoms with Crippen LogP contribution in [0.2, 0.25) is 0 Å². The van der Waals surface area contributed by atoms with Crippen LogP contribution in [0.25, 0.3) is 0 Å². The second kappa shape index (κ2) is 12.3. The molecule has 0 unspecified atom stereocenters. The van der Waals surface area contributed by atoms with Crippen LogP contribution in [0, 0.1) is 11.8 Å². The molecular weight excluding hydrogens is 600 g/mol. The van der Waals surface area contributed by atoms with Gasteiger partial charge in [0.15, 0.2) is 6.61 Å². The van der Waals surface area contributed by atoms with Crippen molar-refractivity contribution < 1.29 is 79.8 Å². The van der Waals surface area contributed by atoms with E-state index in [4.69, 9.17) is 0 Å². The Bertz CT molecular complexity index is 835. The molecule has 0 amide bonds. The summed E-state index contributed by atoms with van der Waals surface area (Å²) in [6, 6.07) is 0. The van der Waals surface area contributed by atoms with Gasteiger partial charge >= 0.3 is 53.9 Å². The van der Waals surface area contributed by atoms with Crippen molar-refractivity contribution in [3.63, 3.8) is 0 Å². The number of unbranched alkanes of at least 4 members (excludes halogenated alkanes) is 2. The maximum absolute atomic E-state index is 13.9. The van der Waals surface area contributed by atoms with Gasteiger partial charge in [-0.3, -0.25) is 4.79 Å². The Morgan fingerprint density at radius 2 is 1.10 bits per heavy atom. The molecule has 0 bridgehead atoms. The van der Waals surface area contributed by atoms with Gasteiger partial charge in [-0.25, -0.2) is 8.78 Å². The van der Waals surface area contributed by atoms with Gasteiger partial charge in [-0.1, -0.05) is 45.4 Å². The summed E-state index contributed by atoms with van der Waals surface area (Å²) < 4.78 is 217. The molecule has 1 fully saturated rings. The Morgan fingerprint density at radius 1 is 0.675 bits per heavy atom. The standard InChI is InChI=1S/C22H26F16O2/c1-2-3-4-5-12-6-8-13(9-7-12)10-14(39)40-11-16(25,26)18(29,30)20(33,34)22(37,38)21(35,36)19(31,32)17(27,28)15(23)24/h12-13,15H,2-11H2,1H3. The van der Waals surface area contributed by atoms with Gasteiger partial charge < -0.3 is 4.74 Å². The summed E-state index contributed by atoms with van der Waals surface area (Å²) >= 11 is 0. The number of halogens is 16. The highest BCUT2D eigenvalue weighted by atomic mass is 19.4. The molecule has 18 heteroatoms. The van der Waals surface area contributed by atoms with Crippen molar-refractivity contribution in [1.82, 2.24) is 0 Å². The van der Waals surface area contributed by atoms with E-state index in [1.807, 2.05) is 6.92 Å². The van der Waals surface area contributed by atoms with Gasteiger partial charge in [-0.2, -0.15) is 61.5 Å². The van der Waals surface area contributed by atoms with E-state index in [-0.39, 0.29) is 0 Å². The number of hydrogen-bond acceptors (Lipinski definition) is 2. The lowest BCUT2D eigenvalue weighted by molar-refractivity contribution is -0.447. The Morgan fingerprint density at radius 3 is 1.55 bits per heavy atom. The van der Waals surface area contributed by atoms with Crippen LogP contribution in [0.1, 0.15) is 64.7 Å². The maximum Gasteiger partial charge on any atom is 0.385 e. The molecule has 1 saturated carbocycles. The van der Waals surface area contributed by atoms with Gasteiger partial charge in [0, 0.05) is 6.42 Å². The van der Waals surface area contributed by atoms with E-state index in [0.717, 1.165) is 25.7 Å². The van der Waals surface area contributed by atoms with Crippen molar-refractivity contribution in [2.75, 3.05) is 6.61 Å². The first kappa shape index (κ1) is 36.4. The van der Waals surface area contributed by atoms with Crippen molar-refractivity contribution in [1.29, 1.82) is 0 Å². The average molecular weight is 626 g/mol. The lowest BCUT2D eigenvalue weighted by atomic mass is 9.78. The number of carbonyl (C=O) groups is 1. The Balaban J connectivity index is 2.99. The molecule has 0 atom stereocenters. The summed E-state index contributed by atoms with van der Waals surface area (Å²) in [5.74, 6) is -57.1. The molecule has 0 N–H and O–H groups in total. The fraction of sp³-hybridized carbons (Fsp3) is 0.955. The number of esters is 1. The van der Waals surface area contributed by atoms with Crippen molar-refractivity contribution in [2.45, 2.75) is 113 Å². The molecule has 2 nitrogen and oxygen atoms in total. The molecule has 1 aliphatic carbocycles. The number of carbonyl (C=O) groups excluding carboxylic acids is 1. The molecule has 0 aliphatic heterocycles. The van der Waals surface area contributed by atoms with Crippen molar-refractivity contribution in [2.24, 2.45) is 11.8 Å². The predicted octanol–water partition coefficient (Wildman–Crippen LogP) is 9.02. The van der Waals surface area contributed by atoms with E-state index < -0.39 is 72.8 Å². The summed E-state index contributed by atoms with van der Waals surface area (Å²) in [4.78, 5) is 11.8. The third-order valence-electron chi connectivity index (χ3n) is 6.78. The van der Waals surface area contributed by atoms with Crippen LogP contribution >= 0.6 is 0 Å². The minimum Gasteiger partial charge on any atom is -0.459 e. The zero-order valence-electron chi connectivity index (χ0n) is 20.7. The zero-order chi connectivity index (χ0) is 31.6. The van der Waals surface area contributed by atoms with E-state index in [0.29, 0.717) is 31.6 Å². The third kappa shape index (κ3) is 6.54. The van der Waals surface area contributed by atoms with Gasteiger partial charge in [0.25, 0.3) is 0 Å². The summed E-state index contributed by atoms with van der Waals surface area (Å²) in [5.41, 5.74) is 0. The van der Waals surface area contributed by atoms with E-state index >= 15 is 0 Å². The van der Waals surface area contributed by atoms with Crippen LogP contribution in [0.3, 0.4) is 0 Å². The van der Waals surface area contributed by atoms with Crippen LogP contribution in [0.4, 0.5) is 70.2 Å². The monoisotopic (exact) mass is 626 g/mol. The number of rotatable bonds is 15. The molecule has 0 aromatic carbocycles. The molecule has 0 saturated heterocycles. The Kier molecular flexibility index (Phi) is 11.2.